The van der Waals surface area contributed by atoms with Crippen molar-refractivity contribution < 1.29 is 32.4 Å². The molecule has 9 heteroatoms. The molecule has 0 unspecified atom stereocenters. The molecule has 0 saturated carbocycles. The summed E-state index contributed by atoms with van der Waals surface area (Å²) in [5, 5.41) is 0. The van der Waals surface area contributed by atoms with E-state index in [0.29, 0.717) is 45.6 Å². The zero-order valence-electron chi connectivity index (χ0n) is 32.2. The largest absolute Gasteiger partial charge is 0.494 e. The van der Waals surface area contributed by atoms with Crippen LogP contribution in [0.25, 0.3) is 0 Å². The van der Waals surface area contributed by atoms with Crippen molar-refractivity contribution in [1.82, 2.24) is 4.90 Å². The van der Waals surface area contributed by atoms with E-state index in [9.17, 15) is 9.36 Å². The summed E-state index contributed by atoms with van der Waals surface area (Å²) < 4.78 is 43.3. The predicted molar refractivity (Wildman–Crippen MR) is 216 cm³/mol. The first kappa shape index (κ1) is 43.0. The number of unbranched alkanes of at least 4 members (excludes halogenated alkanes) is 7. The molecule has 0 heterocycles. The Kier molecular flexibility index (Phi) is 20.8. The SMILES string of the molecule is CCCCCCCCCCOc1cccc(CCC(=O)N(CCCOCc2ccccc2)CCOP(=O)(OCc2ccccc2)OCc2ccccc2)c1. The van der Waals surface area contributed by atoms with Crippen LogP contribution in [-0.2, 0) is 53.9 Å². The normalized spacial score (nSPS) is 11.4. The Bertz CT molecular complexity index is 1560. The number of carbonyl (C=O) groups excluding carboxylic acids is 1. The van der Waals surface area contributed by atoms with E-state index in [2.05, 4.69) is 6.92 Å². The number of rotatable bonds is 29. The van der Waals surface area contributed by atoms with Crippen molar-refractivity contribution in [2.45, 2.75) is 97.4 Å². The maximum atomic E-state index is 13.9. The van der Waals surface area contributed by atoms with Gasteiger partial charge in [0.05, 0.1) is 33.0 Å². The molecule has 1 amide bonds. The molecule has 0 aliphatic heterocycles. The van der Waals surface area contributed by atoms with E-state index >= 15 is 0 Å². The average Bonchev–Trinajstić information content (AvgIpc) is 3.21. The molecule has 0 aromatic heterocycles. The van der Waals surface area contributed by atoms with Crippen LogP contribution in [0.1, 0.15) is 93.4 Å². The average molecular weight is 758 g/mol. The summed E-state index contributed by atoms with van der Waals surface area (Å²) in [7, 11) is -3.97. The molecule has 54 heavy (non-hydrogen) atoms. The molecule has 0 spiro atoms. The maximum Gasteiger partial charge on any atom is 0.475 e. The Balaban J connectivity index is 1.29. The minimum atomic E-state index is -3.97. The number of nitrogens with zero attached hydrogens (tertiary/aromatic N) is 1. The number of phosphoric ester groups is 1. The van der Waals surface area contributed by atoms with E-state index in [4.69, 9.17) is 23.0 Å². The Hall–Kier alpha value is -3.78. The number of ether oxygens (including phenoxy) is 2. The van der Waals surface area contributed by atoms with Gasteiger partial charge in [-0.15, -0.1) is 0 Å². The topological polar surface area (TPSA) is 83.5 Å². The van der Waals surface area contributed by atoms with Crippen LogP contribution >= 0.6 is 7.82 Å². The van der Waals surface area contributed by atoms with Gasteiger partial charge in [-0.05, 0) is 53.6 Å². The van der Waals surface area contributed by atoms with Crippen LogP contribution in [0.2, 0.25) is 0 Å². The highest BCUT2D eigenvalue weighted by Crippen LogP contribution is 2.50. The summed E-state index contributed by atoms with van der Waals surface area (Å²) in [6.45, 7) is 4.77. The third-order valence-corrected chi connectivity index (χ3v) is 10.4. The second kappa shape index (κ2) is 26.1. The third-order valence-electron chi connectivity index (χ3n) is 9.05. The molecule has 4 aromatic carbocycles. The van der Waals surface area contributed by atoms with E-state index in [0.717, 1.165) is 34.4 Å². The fraction of sp³-hybridized carbons (Fsp3) is 0.444. The van der Waals surface area contributed by atoms with E-state index < -0.39 is 7.82 Å². The van der Waals surface area contributed by atoms with Crippen molar-refractivity contribution in [1.29, 1.82) is 0 Å². The maximum absolute atomic E-state index is 13.9. The molecule has 8 nitrogen and oxygen atoms in total. The zero-order chi connectivity index (χ0) is 37.9. The van der Waals surface area contributed by atoms with Crippen LogP contribution in [0, 0.1) is 0 Å². The Morgan fingerprint density at radius 1 is 0.556 bits per heavy atom. The molecule has 0 fully saturated rings. The lowest BCUT2D eigenvalue weighted by atomic mass is 10.1. The zero-order valence-corrected chi connectivity index (χ0v) is 33.1. The van der Waals surface area contributed by atoms with Crippen molar-refractivity contribution in [3.63, 3.8) is 0 Å². The van der Waals surface area contributed by atoms with Gasteiger partial charge in [-0.25, -0.2) is 4.57 Å². The van der Waals surface area contributed by atoms with Crippen molar-refractivity contribution in [2.24, 2.45) is 0 Å². The van der Waals surface area contributed by atoms with Crippen molar-refractivity contribution in [2.75, 3.05) is 32.9 Å². The van der Waals surface area contributed by atoms with Crippen molar-refractivity contribution in [3.05, 3.63) is 138 Å². The second-order valence-electron chi connectivity index (χ2n) is 13.5. The second-order valence-corrected chi connectivity index (χ2v) is 15.2. The molecule has 0 aliphatic rings. The first-order valence-electron chi connectivity index (χ1n) is 19.8. The van der Waals surface area contributed by atoms with Gasteiger partial charge in [0.25, 0.3) is 0 Å². The fourth-order valence-corrected chi connectivity index (χ4v) is 7.08. The van der Waals surface area contributed by atoms with Gasteiger partial charge >= 0.3 is 7.82 Å². The first-order chi connectivity index (χ1) is 26.5. The Morgan fingerprint density at radius 3 is 1.72 bits per heavy atom. The van der Waals surface area contributed by atoms with Gasteiger partial charge in [-0.2, -0.15) is 0 Å². The highest BCUT2D eigenvalue weighted by molar-refractivity contribution is 7.48. The number of carbonyl (C=O) groups is 1. The lowest BCUT2D eigenvalue weighted by Crippen LogP contribution is -2.35. The van der Waals surface area contributed by atoms with Crippen LogP contribution in [0.3, 0.4) is 0 Å². The van der Waals surface area contributed by atoms with Gasteiger partial charge < -0.3 is 14.4 Å². The Labute approximate surface area is 323 Å². The number of hydrogen-bond acceptors (Lipinski definition) is 7. The van der Waals surface area contributed by atoms with Crippen molar-refractivity contribution in [3.8, 4) is 5.75 Å². The van der Waals surface area contributed by atoms with E-state index in [1.54, 1.807) is 4.90 Å². The quantitative estimate of drug-likeness (QED) is 0.0403. The lowest BCUT2D eigenvalue weighted by molar-refractivity contribution is -0.131. The molecule has 0 radical (unpaired) electrons. The minimum absolute atomic E-state index is 0.0144. The molecule has 0 saturated heterocycles. The number of hydrogen-bond donors (Lipinski definition) is 0. The number of benzene rings is 4. The summed E-state index contributed by atoms with van der Waals surface area (Å²) >= 11 is 0. The van der Waals surface area contributed by atoms with Crippen LogP contribution in [0.4, 0.5) is 0 Å². The molecule has 4 rings (SSSR count). The van der Waals surface area contributed by atoms with Crippen molar-refractivity contribution >= 4 is 13.7 Å². The third kappa shape index (κ3) is 18.0. The van der Waals surface area contributed by atoms with E-state index in [1.165, 1.54) is 44.9 Å². The summed E-state index contributed by atoms with van der Waals surface area (Å²) in [6, 6.07) is 37.0. The first-order valence-corrected chi connectivity index (χ1v) is 21.2. The molecule has 0 atom stereocenters. The van der Waals surface area contributed by atoms with Gasteiger partial charge in [0, 0.05) is 26.1 Å². The standard InChI is InChI=1S/C45H60NO7P/c1-2-3-4-5-6-7-8-18-34-50-44-28-19-27-40(36-44)29-30-45(47)46(31-20-33-49-37-41-21-12-9-13-22-41)32-35-51-54(48,52-38-42-23-14-10-15-24-42)53-39-43-25-16-11-17-26-43/h9-17,19,21-28,36H,2-8,18,20,29-35,37-39H2,1H3. The monoisotopic (exact) mass is 757 g/mol. The highest BCUT2D eigenvalue weighted by atomic mass is 31.2. The van der Waals surface area contributed by atoms with Crippen LogP contribution in [0.5, 0.6) is 5.75 Å². The van der Waals surface area contributed by atoms with Gasteiger partial charge in [0.2, 0.25) is 5.91 Å². The highest BCUT2D eigenvalue weighted by Gasteiger charge is 2.28. The number of aryl methyl sites for hydroxylation is 1. The minimum Gasteiger partial charge on any atom is -0.494 e. The molecule has 292 valence electrons. The molecular formula is C45H60NO7P. The summed E-state index contributed by atoms with van der Waals surface area (Å²) in [5.41, 5.74) is 3.84. The van der Waals surface area contributed by atoms with Crippen LogP contribution in [0.15, 0.2) is 115 Å². The fourth-order valence-electron chi connectivity index (χ4n) is 5.94. The molecule has 0 N–H and O–H groups in total. The van der Waals surface area contributed by atoms with Gasteiger partial charge in [-0.1, -0.05) is 155 Å². The van der Waals surface area contributed by atoms with Gasteiger partial charge in [0.1, 0.15) is 5.75 Å². The summed E-state index contributed by atoms with van der Waals surface area (Å²) in [6.07, 6.45) is 11.6. The number of phosphoric acid groups is 1. The molecule has 4 aromatic rings. The lowest BCUT2D eigenvalue weighted by Gasteiger charge is -2.24. The smallest absolute Gasteiger partial charge is 0.475 e. The van der Waals surface area contributed by atoms with Gasteiger partial charge in [0.15, 0.2) is 0 Å². The molecule has 0 bridgehead atoms. The summed E-state index contributed by atoms with van der Waals surface area (Å²) in [4.78, 5) is 15.4. The molecular weight excluding hydrogens is 697 g/mol. The van der Waals surface area contributed by atoms with Crippen LogP contribution in [-0.4, -0.2) is 43.7 Å². The van der Waals surface area contributed by atoms with E-state index in [1.807, 2.05) is 115 Å². The van der Waals surface area contributed by atoms with Crippen LogP contribution < -0.4 is 4.74 Å². The van der Waals surface area contributed by atoms with Gasteiger partial charge in [-0.3, -0.25) is 18.4 Å². The summed E-state index contributed by atoms with van der Waals surface area (Å²) in [5.74, 6) is 0.822. The number of amides is 1. The van der Waals surface area contributed by atoms with E-state index in [-0.39, 0.29) is 32.3 Å². The predicted octanol–water partition coefficient (Wildman–Crippen LogP) is 11.1. The Morgan fingerprint density at radius 2 is 1.11 bits per heavy atom. The molecule has 0 aliphatic carbocycles.